The van der Waals surface area contributed by atoms with Gasteiger partial charge in [0.25, 0.3) is 0 Å². The number of aryl methyl sites for hydroxylation is 1. The lowest BCUT2D eigenvalue weighted by molar-refractivity contribution is 0.623. The maximum Gasteiger partial charge on any atom is 0.232 e. The summed E-state index contributed by atoms with van der Waals surface area (Å²) in [5.74, 6) is 1.81. The predicted molar refractivity (Wildman–Crippen MR) is 136 cm³/mol. The third-order valence-corrected chi connectivity index (χ3v) is 7.23. The van der Waals surface area contributed by atoms with Crippen LogP contribution in [-0.2, 0) is 0 Å². The van der Waals surface area contributed by atoms with Gasteiger partial charge in [-0.05, 0) is 63.0 Å². The number of hydrogen-bond acceptors (Lipinski definition) is 7. The number of benzene rings is 1. The summed E-state index contributed by atoms with van der Waals surface area (Å²) in [4.78, 5) is 17.1. The van der Waals surface area contributed by atoms with Crippen molar-refractivity contribution in [3.63, 3.8) is 0 Å². The molecule has 0 unspecified atom stereocenters. The first kappa shape index (κ1) is 22.1. The molecule has 180 valence electrons. The molecule has 1 aromatic carbocycles. The number of thioether (sulfide) groups is 1. The quantitative estimate of drug-likeness (QED) is 0.295. The average Bonchev–Trinajstić information content (AvgIpc) is 3.79. The number of anilines is 4. The van der Waals surface area contributed by atoms with Crippen LogP contribution in [0.2, 0.25) is 0 Å². The van der Waals surface area contributed by atoms with Gasteiger partial charge in [0.15, 0.2) is 5.82 Å². The fourth-order valence-corrected chi connectivity index (χ4v) is 4.71. The molecule has 0 spiro atoms. The zero-order chi connectivity index (χ0) is 24.1. The van der Waals surface area contributed by atoms with Gasteiger partial charge in [-0.3, -0.25) is 5.10 Å². The molecule has 3 heterocycles. The molecule has 3 aromatic heterocycles. The minimum Gasteiger partial charge on any atom is -0.334 e. The Balaban J connectivity index is 1.48. The van der Waals surface area contributed by atoms with Gasteiger partial charge in [-0.2, -0.15) is 10.1 Å². The molecule has 6 rings (SSSR count). The Kier molecular flexibility index (Phi) is 5.47. The number of halogens is 1. The van der Waals surface area contributed by atoms with Crippen LogP contribution in [0.4, 0.5) is 27.7 Å². The zero-order valence-electron chi connectivity index (χ0n) is 19.9. The first-order chi connectivity index (χ1) is 17.0. The van der Waals surface area contributed by atoms with E-state index in [0.29, 0.717) is 35.2 Å². The third kappa shape index (κ3) is 4.38. The molecule has 10 heteroatoms. The summed E-state index contributed by atoms with van der Waals surface area (Å²) in [6.45, 7) is 1.95. The monoisotopic (exact) mass is 490 g/mol. The van der Waals surface area contributed by atoms with Crippen LogP contribution in [0, 0.1) is 12.7 Å². The molecule has 0 saturated heterocycles. The van der Waals surface area contributed by atoms with Crippen LogP contribution >= 0.6 is 11.8 Å². The van der Waals surface area contributed by atoms with E-state index in [-0.39, 0.29) is 5.82 Å². The van der Waals surface area contributed by atoms with Crippen LogP contribution in [0.5, 0.6) is 0 Å². The number of nitrogens with zero attached hydrogens (tertiary/aromatic N) is 6. The Morgan fingerprint density at radius 1 is 1.17 bits per heavy atom. The maximum atomic E-state index is 15.0. The first-order valence-corrected chi connectivity index (χ1v) is 13.0. The van der Waals surface area contributed by atoms with Crippen molar-refractivity contribution in [3.05, 3.63) is 53.9 Å². The fourth-order valence-electron chi connectivity index (χ4n) is 4.29. The number of imidazole rings is 1. The number of rotatable bonds is 8. The van der Waals surface area contributed by atoms with Gasteiger partial charge in [0, 0.05) is 41.5 Å². The topological polar surface area (TPSA) is 87.5 Å². The molecule has 0 radical (unpaired) electrons. The van der Waals surface area contributed by atoms with Crippen molar-refractivity contribution >= 4 is 35.0 Å². The number of aromatic amines is 1. The molecule has 0 bridgehead atoms. The summed E-state index contributed by atoms with van der Waals surface area (Å²) in [5.41, 5.74) is 4.02. The molecule has 2 fully saturated rings. The molecule has 8 nitrogen and oxygen atoms in total. The van der Waals surface area contributed by atoms with Gasteiger partial charge in [-0.25, -0.2) is 14.4 Å². The van der Waals surface area contributed by atoms with E-state index in [1.54, 1.807) is 24.1 Å². The van der Waals surface area contributed by atoms with Crippen LogP contribution < -0.4 is 10.2 Å². The Hall–Kier alpha value is -3.40. The molecule has 35 heavy (non-hydrogen) atoms. The molecule has 2 saturated carbocycles. The molecule has 0 amide bonds. The van der Waals surface area contributed by atoms with Crippen molar-refractivity contribution in [2.45, 2.75) is 49.5 Å². The number of hydrogen-bond donors (Lipinski definition) is 2. The molecule has 0 aliphatic heterocycles. The van der Waals surface area contributed by atoms with Gasteiger partial charge in [0.05, 0.1) is 12.0 Å². The summed E-state index contributed by atoms with van der Waals surface area (Å²) in [5, 5.41) is 10.7. The van der Waals surface area contributed by atoms with Crippen LogP contribution in [0.1, 0.15) is 48.9 Å². The number of H-pyrrole nitrogens is 1. The summed E-state index contributed by atoms with van der Waals surface area (Å²) in [7, 11) is 1.79. The lowest BCUT2D eigenvalue weighted by atomic mass is 10.1. The highest BCUT2D eigenvalue weighted by Crippen LogP contribution is 2.48. The summed E-state index contributed by atoms with van der Waals surface area (Å²) in [6, 6.07) is 7.68. The van der Waals surface area contributed by atoms with Crippen molar-refractivity contribution in [1.82, 2.24) is 29.7 Å². The first-order valence-electron chi connectivity index (χ1n) is 11.8. The lowest BCUT2D eigenvalue weighted by Crippen LogP contribution is -2.17. The molecule has 4 aromatic rings. The van der Waals surface area contributed by atoms with Crippen LogP contribution in [0.25, 0.3) is 11.4 Å². The van der Waals surface area contributed by atoms with Gasteiger partial charge in [-0.1, -0.05) is 0 Å². The normalized spacial score (nSPS) is 15.4. The number of aromatic nitrogens is 6. The van der Waals surface area contributed by atoms with Crippen molar-refractivity contribution < 1.29 is 4.39 Å². The van der Waals surface area contributed by atoms with Gasteiger partial charge in [-0.15, -0.1) is 11.8 Å². The molecular weight excluding hydrogens is 463 g/mol. The third-order valence-electron chi connectivity index (χ3n) is 6.50. The van der Waals surface area contributed by atoms with E-state index in [1.807, 2.05) is 31.6 Å². The summed E-state index contributed by atoms with van der Waals surface area (Å²) in [6.07, 6.45) is 10.4. The van der Waals surface area contributed by atoms with Gasteiger partial charge < -0.3 is 14.8 Å². The Labute approximate surface area is 207 Å². The standard InChI is InChI=1S/C25H27FN8S/c1-14-10-21(32-31-14)28-24-22(15-4-5-15)23(19-12-34(13-27-19)16-6-7-16)29-25(30-24)33(2)20-9-8-17(35-3)11-18(20)26/h8-13,15-16H,4-7H2,1-3H3,(H2,28,29,30,31,32). The van der Waals surface area contributed by atoms with Gasteiger partial charge in [0.1, 0.15) is 23.0 Å². The smallest absolute Gasteiger partial charge is 0.232 e. The molecule has 2 aliphatic rings. The Bertz CT molecular complexity index is 1390. The van der Waals surface area contributed by atoms with E-state index >= 15 is 4.39 Å². The van der Waals surface area contributed by atoms with Crippen molar-refractivity contribution in [3.8, 4) is 11.4 Å². The SMILES string of the molecule is CSc1ccc(N(C)c2nc(Nc3cc(C)[nH]n3)c(C3CC3)c(-c3cn(C4CC4)cn3)n2)c(F)c1. The molecule has 2 aliphatic carbocycles. The Morgan fingerprint density at radius 2 is 2.00 bits per heavy atom. The molecule has 2 N–H and O–H groups in total. The van der Waals surface area contributed by atoms with E-state index < -0.39 is 0 Å². The lowest BCUT2D eigenvalue weighted by Gasteiger charge is -2.22. The molecular formula is C25H27FN8S. The second-order valence-electron chi connectivity index (χ2n) is 9.28. The van der Waals surface area contributed by atoms with Gasteiger partial charge in [0.2, 0.25) is 5.95 Å². The second-order valence-corrected chi connectivity index (χ2v) is 10.2. The van der Waals surface area contributed by atoms with Crippen LogP contribution in [-0.4, -0.2) is 43.0 Å². The van der Waals surface area contributed by atoms with E-state index in [1.165, 1.54) is 24.6 Å². The van der Waals surface area contributed by atoms with Crippen molar-refractivity contribution in [2.75, 3.05) is 23.5 Å². The average molecular weight is 491 g/mol. The maximum absolute atomic E-state index is 15.0. The molecule has 0 atom stereocenters. The highest BCUT2D eigenvalue weighted by Gasteiger charge is 2.34. The highest BCUT2D eigenvalue weighted by molar-refractivity contribution is 7.98. The number of nitrogens with one attached hydrogen (secondary N) is 2. The summed E-state index contributed by atoms with van der Waals surface area (Å²) >= 11 is 1.51. The van der Waals surface area contributed by atoms with E-state index in [0.717, 1.165) is 40.4 Å². The van der Waals surface area contributed by atoms with E-state index in [9.17, 15) is 0 Å². The second kappa shape index (κ2) is 8.67. The van der Waals surface area contributed by atoms with E-state index in [4.69, 9.17) is 15.0 Å². The fraction of sp³-hybridized carbons (Fsp3) is 0.360. The van der Waals surface area contributed by atoms with Crippen LogP contribution in [0.3, 0.4) is 0 Å². The largest absolute Gasteiger partial charge is 0.334 e. The minimum atomic E-state index is -0.314. The predicted octanol–water partition coefficient (Wildman–Crippen LogP) is 5.96. The highest BCUT2D eigenvalue weighted by atomic mass is 32.2. The zero-order valence-corrected chi connectivity index (χ0v) is 20.7. The van der Waals surface area contributed by atoms with Crippen molar-refractivity contribution in [1.29, 1.82) is 0 Å². The van der Waals surface area contributed by atoms with Crippen molar-refractivity contribution in [2.24, 2.45) is 0 Å². The minimum absolute atomic E-state index is 0.314. The van der Waals surface area contributed by atoms with Gasteiger partial charge >= 0.3 is 0 Å². The Morgan fingerprint density at radius 3 is 2.66 bits per heavy atom. The van der Waals surface area contributed by atoms with E-state index in [2.05, 4.69) is 26.3 Å². The summed E-state index contributed by atoms with van der Waals surface area (Å²) < 4.78 is 17.2. The van der Waals surface area contributed by atoms with Crippen LogP contribution in [0.15, 0.2) is 41.7 Å².